The van der Waals surface area contributed by atoms with Gasteiger partial charge in [0.05, 0.1) is 0 Å². The van der Waals surface area contributed by atoms with Crippen LogP contribution in [0.1, 0.15) is 43.7 Å². The monoisotopic (exact) mass is 336 g/mol. The van der Waals surface area contributed by atoms with Crippen LogP contribution in [-0.2, 0) is 10.4 Å². The van der Waals surface area contributed by atoms with E-state index in [1.807, 2.05) is 36.4 Å². The van der Waals surface area contributed by atoms with E-state index in [-0.39, 0.29) is 0 Å². The van der Waals surface area contributed by atoms with Crippen molar-refractivity contribution in [3.05, 3.63) is 71.8 Å². The maximum Gasteiger partial charge on any atom is 0.281 e. The smallest absolute Gasteiger partial charge is 0.281 e. The van der Waals surface area contributed by atoms with Crippen molar-refractivity contribution in [2.75, 3.05) is 0 Å². The Bertz CT molecular complexity index is 702. The average molecular weight is 336 g/mol. The van der Waals surface area contributed by atoms with Gasteiger partial charge in [-0.3, -0.25) is 4.79 Å². The molecule has 0 aromatic heterocycles. The molecule has 1 fully saturated rings. The zero-order valence-corrected chi connectivity index (χ0v) is 14.5. The van der Waals surface area contributed by atoms with E-state index >= 15 is 0 Å². The van der Waals surface area contributed by atoms with Gasteiger partial charge in [0.2, 0.25) is 0 Å². The summed E-state index contributed by atoms with van der Waals surface area (Å²) in [6, 6.07) is 18.0. The van der Waals surface area contributed by atoms with E-state index in [2.05, 4.69) is 17.5 Å². The van der Waals surface area contributed by atoms with Crippen LogP contribution in [0.2, 0.25) is 0 Å². The van der Waals surface area contributed by atoms with Crippen LogP contribution in [0.4, 0.5) is 0 Å². The van der Waals surface area contributed by atoms with Crippen molar-refractivity contribution in [1.82, 2.24) is 5.43 Å². The largest absolute Gasteiger partial charge is 0.372 e. The van der Waals surface area contributed by atoms with E-state index in [0.717, 1.165) is 31.4 Å². The fraction of sp³-hybridized carbons (Fsp3) is 0.333. The van der Waals surface area contributed by atoms with E-state index in [1.165, 1.54) is 0 Å². The van der Waals surface area contributed by atoms with Gasteiger partial charge in [0.25, 0.3) is 5.91 Å². The Balaban J connectivity index is 1.93. The first-order valence-electron chi connectivity index (χ1n) is 8.86. The summed E-state index contributed by atoms with van der Waals surface area (Å²) in [6.07, 6.45) is 4.16. The topological polar surface area (TPSA) is 61.7 Å². The molecule has 0 radical (unpaired) electrons. The number of hydrogen-bond donors (Lipinski definition) is 2. The minimum absolute atomic E-state index is 0.432. The van der Waals surface area contributed by atoms with Gasteiger partial charge in [0, 0.05) is 5.71 Å². The Morgan fingerprint density at radius 3 is 2.20 bits per heavy atom. The van der Waals surface area contributed by atoms with Crippen LogP contribution in [0.3, 0.4) is 0 Å². The van der Waals surface area contributed by atoms with Gasteiger partial charge >= 0.3 is 0 Å². The zero-order chi connectivity index (χ0) is 17.7. The number of hydrogen-bond acceptors (Lipinski definition) is 3. The van der Waals surface area contributed by atoms with Gasteiger partial charge in [-0.05, 0) is 42.7 Å². The highest BCUT2D eigenvalue weighted by Crippen LogP contribution is 2.30. The number of nitrogens with one attached hydrogen (secondary N) is 1. The minimum Gasteiger partial charge on any atom is -0.372 e. The second-order valence-corrected chi connectivity index (χ2v) is 6.48. The van der Waals surface area contributed by atoms with Crippen LogP contribution < -0.4 is 5.43 Å². The SMILES string of the molecule is CCC1CCC/C1=N\NC(=O)C(O)(c1ccccc1)c1ccccc1. The summed E-state index contributed by atoms with van der Waals surface area (Å²) in [7, 11) is 0. The summed E-state index contributed by atoms with van der Waals surface area (Å²) < 4.78 is 0. The van der Waals surface area contributed by atoms with E-state index in [9.17, 15) is 9.90 Å². The molecule has 1 atom stereocenters. The second kappa shape index (κ2) is 7.62. The van der Waals surface area contributed by atoms with Crippen LogP contribution in [0.25, 0.3) is 0 Å². The average Bonchev–Trinajstić information content (AvgIpc) is 3.14. The molecule has 1 aliphatic carbocycles. The van der Waals surface area contributed by atoms with Gasteiger partial charge in [-0.2, -0.15) is 5.10 Å². The van der Waals surface area contributed by atoms with Crippen LogP contribution >= 0.6 is 0 Å². The molecule has 0 aliphatic heterocycles. The van der Waals surface area contributed by atoms with E-state index in [4.69, 9.17) is 0 Å². The van der Waals surface area contributed by atoms with Crippen molar-refractivity contribution in [3.8, 4) is 0 Å². The molecule has 0 heterocycles. The lowest BCUT2D eigenvalue weighted by Gasteiger charge is -2.27. The molecule has 4 heteroatoms. The van der Waals surface area contributed by atoms with Crippen molar-refractivity contribution in [2.24, 2.45) is 11.0 Å². The van der Waals surface area contributed by atoms with Crippen molar-refractivity contribution >= 4 is 11.6 Å². The third-order valence-corrected chi connectivity index (χ3v) is 4.96. The van der Waals surface area contributed by atoms with Gasteiger partial charge in [0.15, 0.2) is 5.60 Å². The Morgan fingerprint density at radius 1 is 1.12 bits per heavy atom. The molecule has 2 aromatic rings. The van der Waals surface area contributed by atoms with Crippen LogP contribution in [0.15, 0.2) is 65.8 Å². The predicted octanol–water partition coefficient (Wildman–Crippen LogP) is 3.60. The summed E-state index contributed by atoms with van der Waals surface area (Å²) in [5.41, 5.74) is 2.93. The molecule has 1 unspecified atom stereocenters. The quantitative estimate of drug-likeness (QED) is 0.820. The molecule has 25 heavy (non-hydrogen) atoms. The molecule has 1 amide bonds. The molecule has 0 spiro atoms. The molecule has 3 rings (SSSR count). The third kappa shape index (κ3) is 3.49. The molecule has 1 saturated carbocycles. The summed E-state index contributed by atoms with van der Waals surface area (Å²) in [5, 5.41) is 15.7. The van der Waals surface area contributed by atoms with Crippen molar-refractivity contribution < 1.29 is 9.90 Å². The number of hydrazone groups is 1. The maximum absolute atomic E-state index is 12.9. The van der Waals surface area contributed by atoms with Gasteiger partial charge in [-0.15, -0.1) is 0 Å². The molecule has 1 aliphatic rings. The molecule has 0 bridgehead atoms. The highest BCUT2D eigenvalue weighted by atomic mass is 16.3. The van der Waals surface area contributed by atoms with E-state index < -0.39 is 11.5 Å². The minimum atomic E-state index is -1.77. The first-order valence-corrected chi connectivity index (χ1v) is 8.86. The van der Waals surface area contributed by atoms with Crippen molar-refractivity contribution in [1.29, 1.82) is 0 Å². The number of amides is 1. The summed E-state index contributed by atoms with van der Waals surface area (Å²) in [4.78, 5) is 12.9. The van der Waals surface area contributed by atoms with Crippen LogP contribution in [0, 0.1) is 5.92 Å². The van der Waals surface area contributed by atoms with Gasteiger partial charge in [-0.1, -0.05) is 67.6 Å². The zero-order valence-electron chi connectivity index (χ0n) is 14.5. The highest BCUT2D eigenvalue weighted by molar-refractivity contribution is 5.93. The van der Waals surface area contributed by atoms with Gasteiger partial charge in [0.1, 0.15) is 0 Å². The fourth-order valence-electron chi connectivity index (χ4n) is 3.48. The fourth-order valence-corrected chi connectivity index (χ4v) is 3.48. The predicted molar refractivity (Wildman–Crippen MR) is 99.1 cm³/mol. The standard InChI is InChI=1S/C21H24N2O2/c1-2-16-10-9-15-19(16)22-23-20(24)21(25,17-11-5-3-6-12-17)18-13-7-4-8-14-18/h3-8,11-14,16,25H,2,9-10,15H2,1H3,(H,23,24)/b22-19+. The highest BCUT2D eigenvalue weighted by Gasteiger charge is 2.40. The number of carbonyl (C=O) groups excluding carboxylic acids is 1. The normalized spacial score (nSPS) is 19.1. The lowest BCUT2D eigenvalue weighted by Crippen LogP contribution is -2.44. The van der Waals surface area contributed by atoms with Crippen LogP contribution in [0.5, 0.6) is 0 Å². The molecule has 2 aromatic carbocycles. The molecule has 2 N–H and O–H groups in total. The van der Waals surface area contributed by atoms with Crippen molar-refractivity contribution in [2.45, 2.75) is 38.2 Å². The number of nitrogens with zero attached hydrogens (tertiary/aromatic N) is 1. The van der Waals surface area contributed by atoms with E-state index in [1.54, 1.807) is 24.3 Å². The van der Waals surface area contributed by atoms with Gasteiger partial charge in [-0.25, -0.2) is 5.43 Å². The van der Waals surface area contributed by atoms with Crippen LogP contribution in [-0.4, -0.2) is 16.7 Å². The maximum atomic E-state index is 12.9. The lowest BCUT2D eigenvalue weighted by atomic mass is 9.85. The van der Waals surface area contributed by atoms with E-state index in [0.29, 0.717) is 17.0 Å². The Morgan fingerprint density at radius 2 is 1.68 bits per heavy atom. The second-order valence-electron chi connectivity index (χ2n) is 6.48. The molecular weight excluding hydrogens is 312 g/mol. The summed E-state index contributed by atoms with van der Waals surface area (Å²) >= 11 is 0. The molecule has 130 valence electrons. The first-order chi connectivity index (χ1) is 12.2. The Labute approximate surface area is 148 Å². The third-order valence-electron chi connectivity index (χ3n) is 4.96. The Hall–Kier alpha value is -2.46. The lowest BCUT2D eigenvalue weighted by molar-refractivity contribution is -0.136. The number of rotatable bonds is 5. The first kappa shape index (κ1) is 17.4. The number of aliphatic hydroxyl groups is 1. The summed E-state index contributed by atoms with van der Waals surface area (Å²) in [6.45, 7) is 2.14. The molecular formula is C21H24N2O2. The Kier molecular flexibility index (Phi) is 5.29. The van der Waals surface area contributed by atoms with Gasteiger partial charge < -0.3 is 5.11 Å². The van der Waals surface area contributed by atoms with Crippen molar-refractivity contribution in [3.63, 3.8) is 0 Å². The summed E-state index contributed by atoms with van der Waals surface area (Å²) in [5.74, 6) is -0.0963. The molecule has 0 saturated heterocycles. The number of benzene rings is 2. The number of carbonyl (C=O) groups is 1. The molecule has 4 nitrogen and oxygen atoms in total.